The third-order valence-corrected chi connectivity index (χ3v) is 12.4. The average molecular weight is 973 g/mol. The van der Waals surface area contributed by atoms with E-state index in [9.17, 15) is 5.11 Å². The summed E-state index contributed by atoms with van der Waals surface area (Å²) in [5.41, 5.74) is 14.3. The number of benzene rings is 9. The topological polar surface area (TPSA) is 37.3 Å². The number of fused-ring (bicyclic) bond motifs is 14. The van der Waals surface area contributed by atoms with Gasteiger partial charge in [-0.3, -0.25) is 8.97 Å². The Morgan fingerprint density at radius 3 is 1.60 bits per heavy atom. The number of rotatable bonds is 2. The second-order valence-electron chi connectivity index (χ2n) is 15.7. The molecule has 0 fully saturated rings. The zero-order chi connectivity index (χ0) is 40.2. The normalized spacial score (nSPS) is 11.8. The molecule has 0 saturated carbocycles. The molecule has 0 spiro atoms. The molecule has 0 unspecified atom stereocenters. The molecule has 5 nitrogen and oxygen atoms in total. The van der Waals surface area contributed by atoms with Crippen LogP contribution in [-0.4, -0.2) is 14.1 Å². The number of imidazole rings is 2. The van der Waals surface area contributed by atoms with E-state index in [0.29, 0.717) is 5.52 Å². The fraction of sp³-hybridized carbons (Fsp3) is 0. The maximum absolute atomic E-state index is 11.8. The van der Waals surface area contributed by atoms with E-state index in [1.807, 2.05) is 10.5 Å². The molecule has 12 aromatic rings. The van der Waals surface area contributed by atoms with Crippen LogP contribution in [0, 0.1) is 18.7 Å². The minimum absolute atomic E-state index is 0. The molecule has 0 radical (unpaired) electrons. The summed E-state index contributed by atoms with van der Waals surface area (Å²) in [6.45, 7) is 0. The molecule has 0 bridgehead atoms. The van der Waals surface area contributed by atoms with Crippen molar-refractivity contribution in [2.45, 2.75) is 0 Å². The molecule has 1 aliphatic heterocycles. The van der Waals surface area contributed by atoms with Crippen molar-refractivity contribution in [3.05, 3.63) is 213 Å². The van der Waals surface area contributed by atoms with Crippen molar-refractivity contribution < 1.29 is 35.3 Å². The number of hydrogen-bond donors (Lipinski definition) is 1. The van der Waals surface area contributed by atoms with Crippen molar-refractivity contribution in [3.8, 4) is 56.2 Å². The number of phenolic OH excluding ortho intramolecular Hbond substituents is 1. The first-order chi connectivity index (χ1) is 30.2. The standard InChI is InChI=1S/C56H33N4O.Pt/c61-53-32-14-28-49-45-24-8-4-20-41(45)40-19-3-7-23-44(40)48-27-13-31-52-55(48)60(56(49)53)35-58(52)37-16-11-15-36(33-37)57-34-59-50-29-10-9-25-46(50)42-21-5-1-17-38(42)39-18-2-6-22-43(39)47-26-12-30-51(57)54(47)59;/h1-32,61H;/q-1;. The third-order valence-electron chi connectivity index (χ3n) is 12.4. The van der Waals surface area contributed by atoms with Crippen molar-refractivity contribution in [3.63, 3.8) is 0 Å². The Bertz CT molecular complexity index is 3860. The summed E-state index contributed by atoms with van der Waals surface area (Å²) in [6, 6.07) is 71.8. The van der Waals surface area contributed by atoms with Crippen molar-refractivity contribution >= 4 is 59.9 Å². The molecule has 0 amide bonds. The summed E-state index contributed by atoms with van der Waals surface area (Å²) in [5, 5.41) is 18.1. The van der Waals surface area contributed by atoms with E-state index in [2.05, 4.69) is 214 Å². The Hall–Kier alpha value is -7.59. The second-order valence-corrected chi connectivity index (χ2v) is 15.7. The van der Waals surface area contributed by atoms with Gasteiger partial charge in [0.15, 0.2) is 0 Å². The van der Waals surface area contributed by atoms with Gasteiger partial charge in [0.2, 0.25) is 0 Å². The number of aromatic nitrogens is 4. The summed E-state index contributed by atoms with van der Waals surface area (Å²) < 4.78 is 8.47. The average Bonchev–Trinajstić information content (AvgIpc) is 3.92. The predicted octanol–water partition coefficient (Wildman–Crippen LogP) is 12.0. The number of aromatic hydroxyl groups is 1. The molecule has 1 N–H and O–H groups in total. The first kappa shape index (κ1) is 36.3. The van der Waals surface area contributed by atoms with E-state index >= 15 is 0 Å². The van der Waals surface area contributed by atoms with Gasteiger partial charge in [-0.2, -0.15) is 24.3 Å². The summed E-state index contributed by atoms with van der Waals surface area (Å²) in [7, 11) is 0. The molecular formula is C56H33N4OPt-. The molecule has 0 aliphatic carbocycles. The van der Waals surface area contributed by atoms with Gasteiger partial charge in [-0.25, -0.2) is 0 Å². The minimum Gasteiger partial charge on any atom is -0.511 e. The maximum atomic E-state index is 11.8. The first-order valence-electron chi connectivity index (χ1n) is 20.5. The van der Waals surface area contributed by atoms with Gasteiger partial charge in [0.05, 0.1) is 27.8 Å². The van der Waals surface area contributed by atoms with Gasteiger partial charge in [-0.1, -0.05) is 164 Å². The summed E-state index contributed by atoms with van der Waals surface area (Å²) in [4.78, 5) is 0. The van der Waals surface area contributed by atoms with Crippen LogP contribution in [0.3, 0.4) is 0 Å². The van der Waals surface area contributed by atoms with Crippen molar-refractivity contribution in [1.29, 1.82) is 0 Å². The van der Waals surface area contributed by atoms with Crippen LogP contribution in [0.15, 0.2) is 194 Å². The Kier molecular flexibility index (Phi) is 8.18. The summed E-state index contributed by atoms with van der Waals surface area (Å²) >= 11 is 0. The molecule has 13 rings (SSSR count). The summed E-state index contributed by atoms with van der Waals surface area (Å²) in [6.07, 6.45) is 7.55. The van der Waals surface area contributed by atoms with E-state index < -0.39 is 0 Å². The van der Waals surface area contributed by atoms with Crippen LogP contribution in [0.5, 0.6) is 5.75 Å². The largest absolute Gasteiger partial charge is 0.511 e. The Morgan fingerprint density at radius 1 is 0.403 bits per heavy atom. The van der Waals surface area contributed by atoms with Gasteiger partial charge < -0.3 is 14.2 Å². The molecule has 6 heteroatoms. The van der Waals surface area contributed by atoms with Gasteiger partial charge in [-0.15, -0.1) is 0 Å². The number of hydrogen-bond acceptors (Lipinski definition) is 1. The van der Waals surface area contributed by atoms with Gasteiger partial charge in [-0.05, 0) is 89.2 Å². The van der Waals surface area contributed by atoms with E-state index in [1.54, 1.807) is 6.07 Å². The van der Waals surface area contributed by atoms with Crippen LogP contribution < -0.4 is 9.13 Å². The number of phenols is 1. The van der Waals surface area contributed by atoms with Crippen LogP contribution in [0.4, 0.5) is 0 Å². The Morgan fingerprint density at radius 2 is 0.903 bits per heavy atom. The fourth-order valence-electron chi connectivity index (χ4n) is 9.84. The van der Waals surface area contributed by atoms with E-state index in [-0.39, 0.29) is 26.8 Å². The molecule has 1 aliphatic rings. The molecule has 0 atom stereocenters. The quantitative estimate of drug-likeness (QED) is 0.136. The number of para-hydroxylation sites is 4. The first-order valence-corrected chi connectivity index (χ1v) is 20.5. The second kappa shape index (κ2) is 14.0. The van der Waals surface area contributed by atoms with Crippen molar-refractivity contribution in [1.82, 2.24) is 8.97 Å². The van der Waals surface area contributed by atoms with Crippen LogP contribution in [0.1, 0.15) is 0 Å². The molecule has 4 heterocycles. The van der Waals surface area contributed by atoms with Gasteiger partial charge in [0.1, 0.15) is 11.3 Å². The van der Waals surface area contributed by atoms with E-state index in [1.165, 1.54) is 22.3 Å². The SMILES string of the molecule is Oc1cccc2c3ccccc3c3ccccc3c3cccc4c3n([c-][n+]4-c3[c-]c(-n4[c-][n+]5c6c(cccc64)-c4ccccc4-c4ccccc4-c4ccccc4-5)ccc3)c12.[Pt]. The zero-order valence-corrected chi connectivity index (χ0v) is 35.3. The van der Waals surface area contributed by atoms with Crippen LogP contribution in [0.2, 0.25) is 0 Å². The van der Waals surface area contributed by atoms with Gasteiger partial charge in [0.25, 0.3) is 12.7 Å². The van der Waals surface area contributed by atoms with Crippen molar-refractivity contribution in [2.24, 2.45) is 0 Å². The molecular weight excluding hydrogens is 940 g/mol. The van der Waals surface area contributed by atoms with E-state index in [4.69, 9.17) is 0 Å². The Balaban J connectivity index is 0.00000410. The Labute approximate surface area is 371 Å². The van der Waals surface area contributed by atoms with Crippen molar-refractivity contribution in [2.75, 3.05) is 0 Å². The van der Waals surface area contributed by atoms with Crippen LogP contribution in [-0.2, 0) is 21.1 Å². The number of nitrogens with zero attached hydrogens (tertiary/aromatic N) is 4. The molecule has 0 saturated heterocycles. The van der Waals surface area contributed by atoms with Crippen LogP contribution >= 0.6 is 0 Å². The van der Waals surface area contributed by atoms with E-state index in [0.717, 1.165) is 82.6 Å². The summed E-state index contributed by atoms with van der Waals surface area (Å²) in [5.74, 6) is 0.178. The monoisotopic (exact) mass is 972 g/mol. The maximum Gasteiger partial charge on any atom is 0.268 e. The van der Waals surface area contributed by atoms with Crippen LogP contribution in [0.25, 0.3) is 110 Å². The third kappa shape index (κ3) is 5.19. The predicted molar refractivity (Wildman–Crippen MR) is 244 cm³/mol. The molecule has 294 valence electrons. The molecule has 62 heavy (non-hydrogen) atoms. The molecule has 3 aromatic heterocycles. The smallest absolute Gasteiger partial charge is 0.268 e. The van der Waals surface area contributed by atoms with Gasteiger partial charge >= 0.3 is 0 Å². The molecule has 9 aromatic carbocycles. The fourth-order valence-corrected chi connectivity index (χ4v) is 9.84. The minimum atomic E-state index is 0. The van der Waals surface area contributed by atoms with Gasteiger partial charge in [0, 0.05) is 21.1 Å². The zero-order valence-electron chi connectivity index (χ0n) is 33.0.